The number of quaternary nitrogens is 2. The number of aliphatic carboxylic acids is 4. The van der Waals surface area contributed by atoms with Crippen LogP contribution in [0.15, 0.2) is 36.5 Å². The Hall–Kier alpha value is -4.50. The Bertz CT molecular complexity index is 1020. The maximum atomic E-state index is 12.3. The Labute approximate surface area is 211 Å². The quantitative estimate of drug-likeness (QED) is 0.176. The molecule has 0 amide bonds. The number of nitrogens with zero attached hydrogens (tertiary/aromatic N) is 2. The average molecular weight is 523 g/mol. The molecule has 0 bridgehead atoms. The van der Waals surface area contributed by atoms with E-state index < -0.39 is 29.8 Å². The van der Waals surface area contributed by atoms with Gasteiger partial charge in [0.25, 0.3) is 0 Å². The molecule has 2 aromatic rings. The third-order valence-electron chi connectivity index (χ3n) is 5.05. The summed E-state index contributed by atoms with van der Waals surface area (Å²) in [5, 5.41) is 36.9. The summed E-state index contributed by atoms with van der Waals surface area (Å²) in [7, 11) is 2.21. The van der Waals surface area contributed by atoms with Crippen molar-refractivity contribution in [2.45, 2.75) is 6.54 Å². The van der Waals surface area contributed by atoms with Gasteiger partial charge in [0, 0.05) is 6.20 Å². The summed E-state index contributed by atoms with van der Waals surface area (Å²) >= 11 is 0. The van der Waals surface area contributed by atoms with Gasteiger partial charge in [-0.15, -0.1) is 0 Å². The number of nitrogens with two attached hydrogens (primary N) is 1. The van der Waals surface area contributed by atoms with E-state index in [9.17, 15) is 4.79 Å². The molecule has 6 N–H and O–H groups in total. The minimum atomic E-state index is -2.07. The number of aromatic nitrogens is 2. The molecule has 0 saturated carbocycles. The predicted octanol–water partition coefficient (Wildman–Crippen LogP) is -6.27. The first-order valence-corrected chi connectivity index (χ1v) is 11.0. The average Bonchev–Trinajstić information content (AvgIpc) is 3.21. The highest BCUT2D eigenvalue weighted by atomic mass is 16.5. The number of carbonyl (C=O) groups is 5. The summed E-state index contributed by atoms with van der Waals surface area (Å²) in [6.07, 6.45) is 1.66. The van der Waals surface area contributed by atoms with Crippen LogP contribution in [0.1, 0.15) is 15.9 Å². The fourth-order valence-electron chi connectivity index (χ4n) is 3.09. The van der Waals surface area contributed by atoms with E-state index in [1.807, 2.05) is 30.3 Å². The van der Waals surface area contributed by atoms with E-state index in [2.05, 4.69) is 12.1 Å². The van der Waals surface area contributed by atoms with Gasteiger partial charge in [0.1, 0.15) is 44.9 Å². The minimum Gasteiger partial charge on any atom is -0.539 e. The number of carboxylic acid groups (broad SMARTS) is 4. The number of hydrogen-bond donors (Lipinski definition) is 5. The van der Waals surface area contributed by atoms with Crippen molar-refractivity contribution in [3.63, 3.8) is 0 Å². The first-order chi connectivity index (χ1) is 17.4. The first kappa shape index (κ1) is 30.5. The smallest absolute Gasteiger partial charge is 0.351 e. The zero-order valence-electron chi connectivity index (χ0n) is 20.0. The zero-order chi connectivity index (χ0) is 28.0. The molecule has 1 saturated heterocycles. The molecule has 1 aliphatic rings. The van der Waals surface area contributed by atoms with E-state index in [1.54, 1.807) is 15.8 Å². The van der Waals surface area contributed by atoms with Gasteiger partial charge in [-0.1, -0.05) is 30.3 Å². The van der Waals surface area contributed by atoms with Crippen LogP contribution in [0.3, 0.4) is 0 Å². The number of anilines is 1. The molecule has 0 atom stereocenters. The number of rotatable bonds is 6. The number of ether oxygens (including phenoxy) is 1. The van der Waals surface area contributed by atoms with Crippen molar-refractivity contribution in [3.8, 4) is 0 Å². The highest BCUT2D eigenvalue weighted by molar-refractivity contribution is 6.26. The molecule has 0 unspecified atom stereocenters. The number of piperazine rings is 1. The maximum absolute atomic E-state index is 12.3. The molecule has 0 radical (unpaired) electrons. The maximum Gasteiger partial charge on any atom is 0.351 e. The van der Waals surface area contributed by atoms with E-state index in [1.165, 1.54) is 18.0 Å². The third-order valence-corrected chi connectivity index (χ3v) is 5.05. The summed E-state index contributed by atoms with van der Waals surface area (Å²) in [6.45, 7) is 6.42. The molecule has 0 spiro atoms. The minimum absolute atomic E-state index is 0.219. The van der Waals surface area contributed by atoms with Gasteiger partial charge in [0.2, 0.25) is 0 Å². The Morgan fingerprint density at radius 2 is 1.51 bits per heavy atom. The second-order valence-corrected chi connectivity index (χ2v) is 7.89. The van der Waals surface area contributed by atoms with Crippen molar-refractivity contribution in [1.82, 2.24) is 9.78 Å². The Kier molecular flexibility index (Phi) is 12.8. The van der Waals surface area contributed by atoms with Crippen LogP contribution in [0.4, 0.5) is 5.82 Å². The van der Waals surface area contributed by atoms with E-state index in [0.717, 1.165) is 25.2 Å². The number of nitrogens with one attached hydrogen (secondary N) is 2. The molecule has 1 fully saturated rings. The van der Waals surface area contributed by atoms with Gasteiger partial charge in [-0.2, -0.15) is 5.10 Å². The molecule has 1 aliphatic heterocycles. The molecule has 1 aromatic heterocycles. The fourth-order valence-corrected chi connectivity index (χ4v) is 3.09. The second kappa shape index (κ2) is 15.5. The monoisotopic (exact) mass is 523 g/mol. The summed E-state index contributed by atoms with van der Waals surface area (Å²) < 4.78 is 7.08. The van der Waals surface area contributed by atoms with Gasteiger partial charge < -0.3 is 50.3 Å². The lowest BCUT2D eigenvalue weighted by atomic mass is 10.2. The zero-order valence-corrected chi connectivity index (χ0v) is 20.0. The van der Waals surface area contributed by atoms with Gasteiger partial charge in [-0.3, -0.25) is 4.68 Å². The number of benzene rings is 1. The normalized spacial score (nSPS) is 16.1. The van der Waals surface area contributed by atoms with E-state index >= 15 is 0 Å². The van der Waals surface area contributed by atoms with Crippen LogP contribution in [0.25, 0.3) is 0 Å². The molecule has 1 aromatic carbocycles. The first-order valence-electron chi connectivity index (χ1n) is 11.0. The number of esters is 1. The molecular weight excluding hydrogens is 494 g/mol. The van der Waals surface area contributed by atoms with Gasteiger partial charge in [-0.05, 0) is 5.56 Å². The van der Waals surface area contributed by atoms with Gasteiger partial charge in [-0.25, -0.2) is 14.4 Å². The SMILES string of the molecule is C[NH+]1CC[NH+](CCOC(=O)c2cn(Cc3ccccc3)nc2N)CC1.O=C([O-])C(=O)O.O=C([O-])C(=O)O. The second-order valence-electron chi connectivity index (χ2n) is 7.89. The van der Waals surface area contributed by atoms with Crippen molar-refractivity contribution in [1.29, 1.82) is 0 Å². The Morgan fingerprint density at radius 3 is 2.00 bits per heavy atom. The highest BCUT2D eigenvalue weighted by Gasteiger charge is 2.21. The van der Waals surface area contributed by atoms with E-state index in [-0.39, 0.29) is 5.82 Å². The largest absolute Gasteiger partial charge is 0.539 e. The fraction of sp³-hybridized carbons (Fsp3) is 0.364. The summed E-state index contributed by atoms with van der Waals surface area (Å²) in [5.74, 6) is -8.19. The van der Waals surface area contributed by atoms with Gasteiger partial charge >= 0.3 is 17.9 Å². The van der Waals surface area contributed by atoms with Crippen LogP contribution in [0.5, 0.6) is 0 Å². The Morgan fingerprint density at radius 1 is 1.00 bits per heavy atom. The highest BCUT2D eigenvalue weighted by Crippen LogP contribution is 2.12. The predicted molar refractivity (Wildman–Crippen MR) is 120 cm³/mol. The third kappa shape index (κ3) is 12.1. The Balaban J connectivity index is 0.000000476. The van der Waals surface area contributed by atoms with Gasteiger partial charge in [0.15, 0.2) is 17.8 Å². The van der Waals surface area contributed by atoms with Crippen molar-refractivity contribution in [2.24, 2.45) is 0 Å². The van der Waals surface area contributed by atoms with E-state index in [4.69, 9.17) is 50.1 Å². The number of likely N-dealkylation sites (N-methyl/N-ethyl adjacent to an activating group) is 1. The van der Waals surface area contributed by atoms with Crippen LogP contribution in [0.2, 0.25) is 0 Å². The topological polar surface area (TPSA) is 234 Å². The molecule has 3 rings (SSSR count). The van der Waals surface area contributed by atoms with E-state index in [0.29, 0.717) is 18.7 Å². The molecule has 2 heterocycles. The lowest BCUT2D eigenvalue weighted by molar-refractivity contribution is -1.00. The molecule has 15 nitrogen and oxygen atoms in total. The van der Waals surface area contributed by atoms with Crippen molar-refractivity contribution < 1.29 is 58.9 Å². The van der Waals surface area contributed by atoms with Crippen LogP contribution >= 0.6 is 0 Å². The standard InChI is InChI=1S/C18H25N5O2.2C2H2O4/c1-21-7-9-22(10-8-21)11-12-25-18(24)16-14-23(20-17(16)19)13-15-5-3-2-4-6-15;2*3-1(4)2(5)6/h2-6,14H,7-13H2,1H3,(H2,19,20);2*(H,3,4)(H,5,6). The molecule has 0 aliphatic carbocycles. The van der Waals surface area contributed by atoms with Crippen LogP contribution in [-0.2, 0) is 30.5 Å². The van der Waals surface area contributed by atoms with Crippen LogP contribution in [-0.4, -0.2) is 96.2 Å². The number of nitrogen functional groups attached to an aromatic ring is 1. The number of carboxylic acids is 4. The van der Waals surface area contributed by atoms with Gasteiger partial charge in [0.05, 0.1) is 13.6 Å². The molecule has 202 valence electrons. The van der Waals surface area contributed by atoms with Crippen LogP contribution < -0.4 is 25.7 Å². The molecular formula is C22H29N5O10. The lowest BCUT2D eigenvalue weighted by Crippen LogP contribution is -3.27. The molecule has 37 heavy (non-hydrogen) atoms. The van der Waals surface area contributed by atoms with Crippen molar-refractivity contribution in [2.75, 3.05) is 52.1 Å². The lowest BCUT2D eigenvalue weighted by Gasteiger charge is -2.26. The summed E-state index contributed by atoms with van der Waals surface area (Å²) in [6, 6.07) is 9.93. The van der Waals surface area contributed by atoms with Crippen LogP contribution in [0, 0.1) is 0 Å². The van der Waals surface area contributed by atoms with Crippen molar-refractivity contribution in [3.05, 3.63) is 47.7 Å². The number of hydrogen-bond acceptors (Lipinski definition) is 10. The number of carbonyl (C=O) groups excluding carboxylic acids is 3. The van der Waals surface area contributed by atoms with Crippen molar-refractivity contribution >= 4 is 35.7 Å². The summed E-state index contributed by atoms with van der Waals surface area (Å²) in [4.78, 5) is 51.4. The summed E-state index contributed by atoms with van der Waals surface area (Å²) in [5.41, 5.74) is 7.33. The molecule has 15 heteroatoms.